The maximum Gasteiger partial charge on any atom is 0.267 e. The van der Waals surface area contributed by atoms with Gasteiger partial charge in [0.2, 0.25) is 0 Å². The van der Waals surface area contributed by atoms with Crippen molar-refractivity contribution in [1.82, 2.24) is 10.4 Å². The van der Waals surface area contributed by atoms with Crippen LogP contribution < -0.4 is 10.2 Å². The van der Waals surface area contributed by atoms with E-state index in [1.165, 1.54) is 17.6 Å². The first-order chi connectivity index (χ1) is 14.3. The SMILES string of the molecule is CC(C)(F)CN1CCc2cc(O)ccc2C1c1ccc(OC/C=C/C(=O)NO)cc1. The summed E-state index contributed by atoms with van der Waals surface area (Å²) in [5.41, 5.74) is 3.32. The van der Waals surface area contributed by atoms with Gasteiger partial charge in [0.05, 0.1) is 6.04 Å². The van der Waals surface area contributed by atoms with Gasteiger partial charge in [0.25, 0.3) is 5.91 Å². The lowest BCUT2D eigenvalue weighted by Gasteiger charge is -2.40. The molecule has 0 fully saturated rings. The summed E-state index contributed by atoms with van der Waals surface area (Å²) < 4.78 is 20.1. The largest absolute Gasteiger partial charge is 0.508 e. The molecule has 2 aromatic carbocycles. The van der Waals surface area contributed by atoms with Crippen molar-refractivity contribution >= 4 is 5.91 Å². The molecule has 1 aliphatic heterocycles. The van der Waals surface area contributed by atoms with Crippen molar-refractivity contribution in [2.24, 2.45) is 0 Å². The molecular weight excluding hydrogens is 387 g/mol. The Hall–Kier alpha value is -2.90. The summed E-state index contributed by atoms with van der Waals surface area (Å²) in [6.07, 6.45) is 3.43. The number of hydrogen-bond acceptors (Lipinski definition) is 5. The van der Waals surface area contributed by atoms with Gasteiger partial charge in [0, 0.05) is 19.2 Å². The first-order valence-corrected chi connectivity index (χ1v) is 9.85. The van der Waals surface area contributed by atoms with Gasteiger partial charge >= 0.3 is 0 Å². The lowest BCUT2D eigenvalue weighted by atomic mass is 9.87. The smallest absolute Gasteiger partial charge is 0.267 e. The number of ether oxygens (including phenoxy) is 1. The van der Waals surface area contributed by atoms with Gasteiger partial charge in [-0.3, -0.25) is 14.9 Å². The maximum absolute atomic E-state index is 14.5. The topological polar surface area (TPSA) is 82.0 Å². The second kappa shape index (κ2) is 9.28. The molecule has 0 spiro atoms. The van der Waals surface area contributed by atoms with Crippen molar-refractivity contribution < 1.29 is 24.2 Å². The van der Waals surface area contributed by atoms with E-state index in [4.69, 9.17) is 9.94 Å². The van der Waals surface area contributed by atoms with Crippen LogP contribution in [0.2, 0.25) is 0 Å². The number of carbonyl (C=O) groups excluding carboxylic acids is 1. The van der Waals surface area contributed by atoms with Crippen LogP contribution in [-0.4, -0.2) is 46.5 Å². The molecule has 160 valence electrons. The number of aromatic hydroxyl groups is 1. The van der Waals surface area contributed by atoms with Crippen molar-refractivity contribution in [3.05, 3.63) is 71.3 Å². The molecule has 3 rings (SSSR count). The lowest BCUT2D eigenvalue weighted by molar-refractivity contribution is -0.124. The lowest BCUT2D eigenvalue weighted by Crippen LogP contribution is -2.42. The fraction of sp³-hybridized carbons (Fsp3) is 0.348. The van der Waals surface area contributed by atoms with Crippen LogP contribution in [0.1, 0.15) is 36.6 Å². The van der Waals surface area contributed by atoms with Crippen LogP contribution in [0.4, 0.5) is 4.39 Å². The molecule has 0 saturated carbocycles. The third-order valence-electron chi connectivity index (χ3n) is 4.96. The van der Waals surface area contributed by atoms with Gasteiger partial charge in [-0.2, -0.15) is 0 Å². The zero-order valence-corrected chi connectivity index (χ0v) is 17.1. The van der Waals surface area contributed by atoms with E-state index in [0.717, 1.165) is 23.1 Å². The molecule has 0 bridgehead atoms. The molecule has 1 atom stereocenters. The van der Waals surface area contributed by atoms with Crippen molar-refractivity contribution in [2.75, 3.05) is 19.7 Å². The average molecular weight is 414 g/mol. The van der Waals surface area contributed by atoms with Gasteiger partial charge in [-0.05, 0) is 67.3 Å². The van der Waals surface area contributed by atoms with Crippen molar-refractivity contribution in [3.63, 3.8) is 0 Å². The Morgan fingerprint density at radius 3 is 2.70 bits per heavy atom. The van der Waals surface area contributed by atoms with Crippen molar-refractivity contribution in [2.45, 2.75) is 32.0 Å². The highest BCUT2D eigenvalue weighted by Crippen LogP contribution is 2.38. The fourth-order valence-corrected chi connectivity index (χ4v) is 3.79. The third kappa shape index (κ3) is 5.58. The summed E-state index contributed by atoms with van der Waals surface area (Å²) in [4.78, 5) is 13.1. The number of nitrogens with one attached hydrogen (secondary N) is 1. The van der Waals surface area contributed by atoms with Gasteiger partial charge in [-0.1, -0.05) is 18.2 Å². The van der Waals surface area contributed by atoms with Crippen LogP contribution in [-0.2, 0) is 11.2 Å². The molecule has 0 aliphatic carbocycles. The number of nitrogens with zero attached hydrogens (tertiary/aromatic N) is 1. The minimum absolute atomic E-state index is 0.119. The number of alkyl halides is 1. The molecule has 1 unspecified atom stereocenters. The standard InChI is InChI=1S/C23H27FN2O4/c1-23(2,24)15-26-12-11-17-14-18(27)7-10-20(17)22(26)16-5-8-19(9-6-16)30-13-3-4-21(28)25-29/h3-10,14,22,27,29H,11-13,15H2,1-2H3,(H,25,28)/b4-3+. The summed E-state index contributed by atoms with van der Waals surface area (Å²) in [6, 6.07) is 12.8. The number of phenols is 1. The summed E-state index contributed by atoms with van der Waals surface area (Å²) in [7, 11) is 0. The monoisotopic (exact) mass is 414 g/mol. The Bertz CT molecular complexity index is 906. The normalized spacial score (nSPS) is 17.0. The predicted molar refractivity (Wildman–Crippen MR) is 111 cm³/mol. The molecule has 1 amide bonds. The van der Waals surface area contributed by atoms with E-state index in [2.05, 4.69) is 4.90 Å². The summed E-state index contributed by atoms with van der Waals surface area (Å²) in [5.74, 6) is 0.247. The number of hydrogen-bond donors (Lipinski definition) is 3. The van der Waals surface area contributed by atoms with Crippen LogP contribution in [0.25, 0.3) is 0 Å². The predicted octanol–water partition coefficient (Wildman–Crippen LogP) is 3.53. The van der Waals surface area contributed by atoms with Crippen LogP contribution in [0.5, 0.6) is 11.5 Å². The minimum Gasteiger partial charge on any atom is -0.508 e. The molecule has 30 heavy (non-hydrogen) atoms. The Labute approximate surface area is 175 Å². The van der Waals surface area contributed by atoms with E-state index in [0.29, 0.717) is 18.8 Å². The minimum atomic E-state index is -1.33. The maximum atomic E-state index is 14.5. The fourth-order valence-electron chi connectivity index (χ4n) is 3.79. The van der Waals surface area contributed by atoms with Crippen LogP contribution in [0, 0.1) is 0 Å². The second-order valence-electron chi connectivity index (χ2n) is 7.98. The van der Waals surface area contributed by atoms with Crippen molar-refractivity contribution in [1.29, 1.82) is 0 Å². The van der Waals surface area contributed by atoms with E-state index >= 15 is 0 Å². The third-order valence-corrected chi connectivity index (χ3v) is 4.96. The summed E-state index contributed by atoms with van der Waals surface area (Å²) >= 11 is 0. The summed E-state index contributed by atoms with van der Waals surface area (Å²) in [6.45, 7) is 4.34. The number of amides is 1. The first-order valence-electron chi connectivity index (χ1n) is 9.85. The van der Waals surface area contributed by atoms with E-state index in [1.807, 2.05) is 30.3 Å². The van der Waals surface area contributed by atoms with E-state index in [-0.39, 0.29) is 18.4 Å². The van der Waals surface area contributed by atoms with Gasteiger partial charge in [-0.25, -0.2) is 9.87 Å². The van der Waals surface area contributed by atoms with Crippen LogP contribution in [0.3, 0.4) is 0 Å². The highest BCUT2D eigenvalue weighted by Gasteiger charge is 2.32. The first kappa shape index (κ1) is 21.8. The van der Waals surface area contributed by atoms with Crippen molar-refractivity contribution in [3.8, 4) is 11.5 Å². The summed E-state index contributed by atoms with van der Waals surface area (Å²) in [5, 5.41) is 18.3. The van der Waals surface area contributed by atoms with E-state index in [9.17, 15) is 14.3 Å². The Morgan fingerprint density at radius 2 is 2.03 bits per heavy atom. The molecule has 0 saturated heterocycles. The molecule has 6 nitrogen and oxygen atoms in total. The number of hydroxylamine groups is 1. The van der Waals surface area contributed by atoms with E-state index in [1.54, 1.807) is 26.0 Å². The van der Waals surface area contributed by atoms with E-state index < -0.39 is 11.6 Å². The molecule has 1 aliphatic rings. The molecule has 3 N–H and O–H groups in total. The number of phenolic OH excluding ortho intramolecular Hbond substituents is 1. The number of benzene rings is 2. The Kier molecular flexibility index (Phi) is 6.74. The molecule has 2 aromatic rings. The zero-order chi connectivity index (χ0) is 21.7. The molecule has 0 radical (unpaired) electrons. The second-order valence-corrected chi connectivity index (χ2v) is 7.98. The van der Waals surface area contributed by atoms with Gasteiger partial charge in [0.1, 0.15) is 23.8 Å². The Balaban J connectivity index is 1.81. The van der Waals surface area contributed by atoms with Gasteiger partial charge in [-0.15, -0.1) is 0 Å². The number of halogens is 1. The quantitative estimate of drug-likeness (QED) is 0.367. The number of fused-ring (bicyclic) bond motifs is 1. The van der Waals surface area contributed by atoms with Crippen LogP contribution >= 0.6 is 0 Å². The highest BCUT2D eigenvalue weighted by molar-refractivity contribution is 5.86. The highest BCUT2D eigenvalue weighted by atomic mass is 19.1. The Morgan fingerprint density at radius 1 is 1.30 bits per heavy atom. The molecular formula is C23H27FN2O4. The molecule has 7 heteroatoms. The van der Waals surface area contributed by atoms with Gasteiger partial charge in [0.15, 0.2) is 0 Å². The van der Waals surface area contributed by atoms with Crippen LogP contribution in [0.15, 0.2) is 54.6 Å². The number of carbonyl (C=O) groups is 1. The number of rotatable bonds is 7. The van der Waals surface area contributed by atoms with Gasteiger partial charge < -0.3 is 9.84 Å². The molecule has 0 aromatic heterocycles. The zero-order valence-electron chi connectivity index (χ0n) is 17.1. The molecule has 1 heterocycles. The average Bonchev–Trinajstić information content (AvgIpc) is 2.70.